The summed E-state index contributed by atoms with van der Waals surface area (Å²) in [5.74, 6) is -0.269. The van der Waals surface area contributed by atoms with Crippen LogP contribution in [0, 0.1) is 0 Å². The molecular formula is C8H15FO2S. The summed E-state index contributed by atoms with van der Waals surface area (Å²) in [6.45, 7) is 3.50. The Morgan fingerprint density at radius 2 is 2.08 bits per heavy atom. The third kappa shape index (κ3) is 1.63. The molecule has 1 aliphatic rings. The van der Waals surface area contributed by atoms with Crippen LogP contribution in [0.25, 0.3) is 0 Å². The molecule has 1 heterocycles. The zero-order valence-electron chi connectivity index (χ0n) is 7.51. The van der Waals surface area contributed by atoms with Crippen molar-refractivity contribution in [1.29, 1.82) is 0 Å². The molecule has 0 saturated carbocycles. The van der Waals surface area contributed by atoms with Crippen molar-refractivity contribution in [2.45, 2.75) is 44.0 Å². The van der Waals surface area contributed by atoms with Gasteiger partial charge in [-0.25, -0.2) is 12.8 Å². The minimum atomic E-state index is -3.13. The van der Waals surface area contributed by atoms with Gasteiger partial charge in [-0.05, 0) is 19.3 Å². The molecular weight excluding hydrogens is 179 g/mol. The summed E-state index contributed by atoms with van der Waals surface area (Å²) < 4.78 is 36.2. The zero-order chi connectivity index (χ0) is 9.41. The van der Waals surface area contributed by atoms with Crippen LogP contribution < -0.4 is 0 Å². The first-order chi connectivity index (χ1) is 5.43. The lowest BCUT2D eigenvalue weighted by atomic mass is 9.99. The highest BCUT2D eigenvalue weighted by Crippen LogP contribution is 2.36. The van der Waals surface area contributed by atoms with Crippen molar-refractivity contribution in [3.8, 4) is 0 Å². The van der Waals surface area contributed by atoms with E-state index in [0.29, 0.717) is 12.8 Å². The van der Waals surface area contributed by atoms with Crippen LogP contribution >= 0.6 is 0 Å². The molecule has 0 aliphatic carbocycles. The summed E-state index contributed by atoms with van der Waals surface area (Å²) in [4.78, 5) is 0. The van der Waals surface area contributed by atoms with Gasteiger partial charge < -0.3 is 0 Å². The minimum absolute atomic E-state index is 0.197. The molecule has 12 heavy (non-hydrogen) atoms. The molecule has 1 rings (SSSR count). The maximum atomic E-state index is 13.6. The highest BCUT2D eigenvalue weighted by Gasteiger charge is 2.47. The van der Waals surface area contributed by atoms with Gasteiger partial charge in [0, 0.05) is 0 Å². The number of hydrogen-bond acceptors (Lipinski definition) is 2. The SMILES string of the molecule is CCC1CC(F)(CC)CS1(=O)=O. The van der Waals surface area contributed by atoms with Gasteiger partial charge in [-0.1, -0.05) is 13.8 Å². The topological polar surface area (TPSA) is 34.1 Å². The lowest BCUT2D eigenvalue weighted by Crippen LogP contribution is -2.22. The minimum Gasteiger partial charge on any atom is -0.243 e. The third-order valence-corrected chi connectivity index (χ3v) is 5.09. The van der Waals surface area contributed by atoms with Gasteiger partial charge >= 0.3 is 0 Å². The summed E-state index contributed by atoms with van der Waals surface area (Å²) in [5, 5.41) is -0.442. The average Bonchev–Trinajstić information content (AvgIpc) is 2.22. The molecule has 0 aromatic rings. The van der Waals surface area contributed by atoms with Gasteiger partial charge in [0.15, 0.2) is 9.84 Å². The molecule has 4 heteroatoms. The van der Waals surface area contributed by atoms with E-state index in [0.717, 1.165) is 0 Å². The molecule has 2 atom stereocenters. The summed E-state index contributed by atoms with van der Waals surface area (Å²) in [6, 6.07) is 0. The summed E-state index contributed by atoms with van der Waals surface area (Å²) in [6.07, 6.45) is 1.04. The Labute approximate surface area is 73.1 Å². The standard InChI is InChI=1S/C8H15FO2S/c1-3-7-5-8(9,4-2)6-12(7,10)11/h7H,3-6H2,1-2H3. The molecule has 0 amide bonds. The molecule has 0 bridgehead atoms. The molecule has 2 unspecified atom stereocenters. The summed E-state index contributed by atoms with van der Waals surface area (Å²) in [5.41, 5.74) is -1.44. The van der Waals surface area contributed by atoms with Gasteiger partial charge in [0.2, 0.25) is 0 Å². The van der Waals surface area contributed by atoms with Gasteiger partial charge in [-0.15, -0.1) is 0 Å². The molecule has 1 aliphatic heterocycles. The van der Waals surface area contributed by atoms with Gasteiger partial charge in [0.1, 0.15) is 5.67 Å². The molecule has 1 saturated heterocycles. The first kappa shape index (κ1) is 9.96. The molecule has 0 aromatic carbocycles. The second kappa shape index (κ2) is 2.98. The fourth-order valence-corrected chi connectivity index (χ4v) is 4.06. The first-order valence-electron chi connectivity index (χ1n) is 4.34. The second-order valence-electron chi connectivity index (χ2n) is 3.55. The van der Waals surface area contributed by atoms with Gasteiger partial charge in [-0.3, -0.25) is 0 Å². The van der Waals surface area contributed by atoms with Crippen LogP contribution in [0.4, 0.5) is 4.39 Å². The van der Waals surface area contributed by atoms with E-state index in [-0.39, 0.29) is 12.2 Å². The predicted molar refractivity (Wildman–Crippen MR) is 46.6 cm³/mol. The molecule has 0 spiro atoms. The highest BCUT2D eigenvalue weighted by atomic mass is 32.2. The normalized spacial score (nSPS) is 40.1. The Hall–Kier alpha value is -0.120. The second-order valence-corrected chi connectivity index (χ2v) is 5.83. The zero-order valence-corrected chi connectivity index (χ0v) is 8.32. The van der Waals surface area contributed by atoms with Gasteiger partial charge in [-0.2, -0.15) is 0 Å². The van der Waals surface area contributed by atoms with Gasteiger partial charge in [0.05, 0.1) is 11.0 Å². The Balaban J connectivity index is 2.87. The fourth-order valence-electron chi connectivity index (χ4n) is 1.72. The monoisotopic (exact) mass is 194 g/mol. The molecule has 0 N–H and O–H groups in total. The highest BCUT2D eigenvalue weighted by molar-refractivity contribution is 7.92. The van der Waals surface area contributed by atoms with Gasteiger partial charge in [0.25, 0.3) is 0 Å². The number of halogens is 1. The Morgan fingerprint density at radius 3 is 2.33 bits per heavy atom. The largest absolute Gasteiger partial charge is 0.243 e. The van der Waals surface area contributed by atoms with Crippen molar-refractivity contribution >= 4 is 9.84 Å². The Bertz CT molecular complexity index is 260. The number of hydrogen-bond donors (Lipinski definition) is 0. The maximum Gasteiger partial charge on any atom is 0.156 e. The van der Waals surface area contributed by atoms with Crippen LogP contribution in [0.1, 0.15) is 33.1 Å². The summed E-state index contributed by atoms with van der Waals surface area (Å²) >= 11 is 0. The van der Waals surface area contributed by atoms with Crippen LogP contribution in [0.2, 0.25) is 0 Å². The molecule has 0 aromatic heterocycles. The predicted octanol–water partition coefficient (Wildman–Crippen LogP) is 1.70. The lowest BCUT2D eigenvalue weighted by molar-refractivity contribution is 0.183. The van der Waals surface area contributed by atoms with Crippen LogP contribution in [-0.2, 0) is 9.84 Å². The van der Waals surface area contributed by atoms with E-state index < -0.39 is 20.8 Å². The van der Waals surface area contributed by atoms with Crippen molar-refractivity contribution in [2.24, 2.45) is 0 Å². The quantitative estimate of drug-likeness (QED) is 0.670. The average molecular weight is 194 g/mol. The third-order valence-electron chi connectivity index (χ3n) is 2.65. The van der Waals surface area contributed by atoms with Crippen LogP contribution in [0.3, 0.4) is 0 Å². The van der Waals surface area contributed by atoms with E-state index in [9.17, 15) is 12.8 Å². The summed E-state index contributed by atoms with van der Waals surface area (Å²) in [7, 11) is -3.13. The van der Waals surface area contributed by atoms with E-state index in [1.54, 1.807) is 13.8 Å². The number of rotatable bonds is 2. The lowest BCUT2D eigenvalue weighted by Gasteiger charge is -2.13. The maximum absolute atomic E-state index is 13.6. The first-order valence-corrected chi connectivity index (χ1v) is 6.05. The molecule has 1 fully saturated rings. The van der Waals surface area contributed by atoms with E-state index in [4.69, 9.17) is 0 Å². The van der Waals surface area contributed by atoms with Crippen molar-refractivity contribution in [3.05, 3.63) is 0 Å². The smallest absolute Gasteiger partial charge is 0.156 e. The van der Waals surface area contributed by atoms with Crippen molar-refractivity contribution < 1.29 is 12.8 Å². The fraction of sp³-hybridized carbons (Fsp3) is 1.00. The van der Waals surface area contributed by atoms with E-state index >= 15 is 0 Å². The molecule has 2 nitrogen and oxygen atoms in total. The molecule has 72 valence electrons. The van der Waals surface area contributed by atoms with Crippen molar-refractivity contribution in [2.75, 3.05) is 5.75 Å². The Morgan fingerprint density at radius 1 is 1.50 bits per heavy atom. The van der Waals surface area contributed by atoms with Crippen LogP contribution in [0.15, 0.2) is 0 Å². The van der Waals surface area contributed by atoms with E-state index in [1.807, 2.05) is 0 Å². The van der Waals surface area contributed by atoms with E-state index in [1.165, 1.54) is 0 Å². The van der Waals surface area contributed by atoms with Crippen molar-refractivity contribution in [3.63, 3.8) is 0 Å². The van der Waals surface area contributed by atoms with Crippen LogP contribution in [-0.4, -0.2) is 25.1 Å². The molecule has 0 radical (unpaired) electrons. The number of sulfone groups is 1. The number of alkyl halides is 1. The van der Waals surface area contributed by atoms with E-state index in [2.05, 4.69) is 0 Å². The van der Waals surface area contributed by atoms with Crippen LogP contribution in [0.5, 0.6) is 0 Å². The Kier molecular flexibility index (Phi) is 2.47. The van der Waals surface area contributed by atoms with Crippen molar-refractivity contribution in [1.82, 2.24) is 0 Å².